The van der Waals surface area contributed by atoms with E-state index < -0.39 is 0 Å². The monoisotopic (exact) mass is 290 g/mol. The largest absolute Gasteiger partial charge is 0.488 e. The SMILES string of the molecule is CCNC(C)c1cc(C)ccc1OCc1cnc(C)s1. The van der Waals surface area contributed by atoms with Crippen LogP contribution in [0.3, 0.4) is 0 Å². The van der Waals surface area contributed by atoms with Crippen LogP contribution < -0.4 is 10.1 Å². The Morgan fingerprint density at radius 3 is 2.80 bits per heavy atom. The van der Waals surface area contributed by atoms with Crippen molar-refractivity contribution in [2.45, 2.75) is 40.3 Å². The minimum absolute atomic E-state index is 0.290. The van der Waals surface area contributed by atoms with Crippen molar-refractivity contribution in [2.24, 2.45) is 0 Å². The van der Waals surface area contributed by atoms with Crippen LogP contribution in [0.1, 0.15) is 40.9 Å². The minimum Gasteiger partial charge on any atom is -0.488 e. The van der Waals surface area contributed by atoms with Crippen molar-refractivity contribution in [3.05, 3.63) is 45.4 Å². The van der Waals surface area contributed by atoms with Gasteiger partial charge in [0.15, 0.2) is 0 Å². The van der Waals surface area contributed by atoms with Crippen molar-refractivity contribution in [2.75, 3.05) is 6.54 Å². The van der Waals surface area contributed by atoms with Crippen molar-refractivity contribution in [3.8, 4) is 5.75 Å². The summed E-state index contributed by atoms with van der Waals surface area (Å²) in [7, 11) is 0. The molecule has 2 aromatic rings. The number of rotatable bonds is 6. The summed E-state index contributed by atoms with van der Waals surface area (Å²) in [5.41, 5.74) is 2.47. The first-order chi connectivity index (χ1) is 9.60. The molecule has 20 heavy (non-hydrogen) atoms. The second kappa shape index (κ2) is 6.86. The zero-order valence-corrected chi connectivity index (χ0v) is 13.4. The Bertz CT molecular complexity index is 565. The fourth-order valence-electron chi connectivity index (χ4n) is 2.17. The molecule has 0 saturated carbocycles. The Hall–Kier alpha value is -1.39. The van der Waals surface area contributed by atoms with Gasteiger partial charge in [0, 0.05) is 17.8 Å². The standard InChI is InChI=1S/C16H22N2OS/c1-5-17-12(3)15-8-11(2)6-7-16(15)19-10-14-9-18-13(4)20-14/h6-9,12,17H,5,10H2,1-4H3. The molecule has 0 saturated heterocycles. The van der Waals surface area contributed by atoms with Gasteiger partial charge in [0.2, 0.25) is 0 Å². The maximum atomic E-state index is 5.99. The molecule has 2 rings (SSSR count). The van der Waals surface area contributed by atoms with E-state index in [1.165, 1.54) is 11.1 Å². The molecular formula is C16H22N2OS. The van der Waals surface area contributed by atoms with Gasteiger partial charge in [-0.2, -0.15) is 0 Å². The lowest BCUT2D eigenvalue weighted by Crippen LogP contribution is -2.18. The summed E-state index contributed by atoms with van der Waals surface area (Å²) in [6.07, 6.45) is 1.89. The average molecular weight is 290 g/mol. The Labute approximate surface area is 125 Å². The Morgan fingerprint density at radius 2 is 2.15 bits per heavy atom. The maximum absolute atomic E-state index is 5.99. The van der Waals surface area contributed by atoms with Crippen LogP contribution in [0.15, 0.2) is 24.4 Å². The number of benzene rings is 1. The number of hydrogen-bond acceptors (Lipinski definition) is 4. The number of nitrogens with one attached hydrogen (secondary N) is 1. The zero-order chi connectivity index (χ0) is 14.5. The third-order valence-corrected chi connectivity index (χ3v) is 4.07. The van der Waals surface area contributed by atoms with E-state index in [4.69, 9.17) is 4.74 Å². The first-order valence-electron chi connectivity index (χ1n) is 6.98. The predicted octanol–water partition coefficient (Wildman–Crippen LogP) is 4.01. The van der Waals surface area contributed by atoms with Crippen LogP contribution >= 0.6 is 11.3 Å². The molecule has 1 atom stereocenters. The highest BCUT2D eigenvalue weighted by Crippen LogP contribution is 2.27. The van der Waals surface area contributed by atoms with Crippen LogP contribution in [-0.2, 0) is 6.61 Å². The molecule has 0 aliphatic rings. The molecule has 0 amide bonds. The van der Waals surface area contributed by atoms with Crippen molar-refractivity contribution < 1.29 is 4.74 Å². The summed E-state index contributed by atoms with van der Waals surface area (Å²) in [5.74, 6) is 0.954. The Balaban J connectivity index is 2.13. The van der Waals surface area contributed by atoms with Gasteiger partial charge in [-0.25, -0.2) is 4.98 Å². The molecule has 0 radical (unpaired) electrons. The highest BCUT2D eigenvalue weighted by atomic mass is 32.1. The van der Waals surface area contributed by atoms with E-state index in [1.807, 2.05) is 13.1 Å². The minimum atomic E-state index is 0.290. The zero-order valence-electron chi connectivity index (χ0n) is 12.6. The van der Waals surface area contributed by atoms with Crippen LogP contribution in [0.5, 0.6) is 5.75 Å². The molecule has 0 bridgehead atoms. The quantitative estimate of drug-likeness (QED) is 0.873. The number of hydrogen-bond donors (Lipinski definition) is 1. The van der Waals surface area contributed by atoms with Gasteiger partial charge >= 0.3 is 0 Å². The van der Waals surface area contributed by atoms with Gasteiger partial charge in [-0.15, -0.1) is 11.3 Å². The first-order valence-corrected chi connectivity index (χ1v) is 7.79. The smallest absolute Gasteiger partial charge is 0.124 e. The van der Waals surface area contributed by atoms with Crippen molar-refractivity contribution >= 4 is 11.3 Å². The third-order valence-electron chi connectivity index (χ3n) is 3.18. The van der Waals surface area contributed by atoms with Crippen LogP contribution in [0.2, 0.25) is 0 Å². The second-order valence-electron chi connectivity index (χ2n) is 4.95. The summed E-state index contributed by atoms with van der Waals surface area (Å²) in [6.45, 7) is 9.94. The molecule has 1 heterocycles. The molecule has 1 unspecified atom stereocenters. The molecule has 0 fully saturated rings. The second-order valence-corrected chi connectivity index (χ2v) is 6.27. The first kappa shape index (κ1) is 15.0. The van der Waals surface area contributed by atoms with Crippen LogP contribution in [-0.4, -0.2) is 11.5 Å². The van der Waals surface area contributed by atoms with E-state index in [0.29, 0.717) is 6.61 Å². The van der Waals surface area contributed by atoms with Crippen LogP contribution in [0.4, 0.5) is 0 Å². The summed E-state index contributed by atoms with van der Waals surface area (Å²) < 4.78 is 5.99. The molecule has 0 aliphatic heterocycles. The van der Waals surface area contributed by atoms with Crippen LogP contribution in [0.25, 0.3) is 0 Å². The number of ether oxygens (including phenoxy) is 1. The van der Waals surface area contributed by atoms with Gasteiger partial charge < -0.3 is 10.1 Å². The summed E-state index contributed by atoms with van der Waals surface area (Å²) in [4.78, 5) is 5.41. The highest BCUT2D eigenvalue weighted by Gasteiger charge is 2.11. The maximum Gasteiger partial charge on any atom is 0.124 e. The van der Waals surface area contributed by atoms with Gasteiger partial charge in [0.1, 0.15) is 12.4 Å². The van der Waals surface area contributed by atoms with Gasteiger partial charge in [-0.05, 0) is 33.4 Å². The lowest BCUT2D eigenvalue weighted by Gasteiger charge is -2.18. The van der Waals surface area contributed by atoms with Gasteiger partial charge in [0.25, 0.3) is 0 Å². The van der Waals surface area contributed by atoms with Crippen LogP contribution in [0, 0.1) is 13.8 Å². The van der Waals surface area contributed by atoms with Gasteiger partial charge in [-0.1, -0.05) is 24.6 Å². The normalized spacial score (nSPS) is 12.4. The number of aryl methyl sites for hydroxylation is 2. The Morgan fingerprint density at radius 1 is 1.35 bits per heavy atom. The summed E-state index contributed by atoms with van der Waals surface area (Å²) in [5, 5.41) is 4.52. The van der Waals surface area contributed by atoms with Crippen molar-refractivity contribution in [3.63, 3.8) is 0 Å². The van der Waals surface area contributed by atoms with Crippen molar-refractivity contribution in [1.29, 1.82) is 0 Å². The molecule has 1 N–H and O–H groups in total. The fourth-order valence-corrected chi connectivity index (χ4v) is 2.88. The molecule has 0 spiro atoms. The van der Waals surface area contributed by atoms with Crippen molar-refractivity contribution in [1.82, 2.24) is 10.3 Å². The fraction of sp³-hybridized carbons (Fsp3) is 0.438. The molecule has 1 aromatic carbocycles. The predicted molar refractivity (Wildman–Crippen MR) is 84.5 cm³/mol. The molecule has 1 aromatic heterocycles. The van der Waals surface area contributed by atoms with Gasteiger partial charge in [0.05, 0.1) is 9.88 Å². The number of nitrogens with zero attached hydrogens (tertiary/aromatic N) is 1. The third kappa shape index (κ3) is 3.81. The average Bonchev–Trinajstić information content (AvgIpc) is 2.83. The summed E-state index contributed by atoms with van der Waals surface area (Å²) >= 11 is 1.68. The van der Waals surface area contributed by atoms with Gasteiger partial charge in [-0.3, -0.25) is 0 Å². The lowest BCUT2D eigenvalue weighted by atomic mass is 10.0. The Kier molecular flexibility index (Phi) is 5.15. The molecule has 4 heteroatoms. The van der Waals surface area contributed by atoms with E-state index in [2.05, 4.69) is 49.3 Å². The number of thiazole rings is 1. The topological polar surface area (TPSA) is 34.1 Å². The molecular weight excluding hydrogens is 268 g/mol. The highest BCUT2D eigenvalue weighted by molar-refractivity contribution is 7.11. The molecule has 0 aliphatic carbocycles. The molecule has 108 valence electrons. The molecule has 3 nitrogen and oxygen atoms in total. The van der Waals surface area contributed by atoms with E-state index in [0.717, 1.165) is 22.2 Å². The summed E-state index contributed by atoms with van der Waals surface area (Å²) in [6, 6.07) is 6.64. The number of aromatic nitrogens is 1. The van der Waals surface area contributed by atoms with E-state index in [9.17, 15) is 0 Å². The lowest BCUT2D eigenvalue weighted by molar-refractivity contribution is 0.303. The van der Waals surface area contributed by atoms with E-state index in [1.54, 1.807) is 11.3 Å². The van der Waals surface area contributed by atoms with E-state index in [-0.39, 0.29) is 6.04 Å². The van der Waals surface area contributed by atoms with E-state index >= 15 is 0 Å².